The van der Waals surface area contributed by atoms with Gasteiger partial charge in [-0.05, 0) is 49.3 Å². The highest BCUT2D eigenvalue weighted by Gasteiger charge is 2.34. The lowest BCUT2D eigenvalue weighted by molar-refractivity contribution is 0.410. The van der Waals surface area contributed by atoms with Crippen LogP contribution in [0.3, 0.4) is 0 Å². The molecule has 16 heavy (non-hydrogen) atoms. The lowest BCUT2D eigenvalue weighted by Crippen LogP contribution is -2.27. The van der Waals surface area contributed by atoms with Crippen LogP contribution in [-0.2, 0) is 6.42 Å². The second-order valence-electron chi connectivity index (χ2n) is 5.07. The fraction of sp³-hybridized carbons (Fsp3) is 0.571. The van der Waals surface area contributed by atoms with Crippen LogP contribution in [0.1, 0.15) is 18.6 Å². The highest BCUT2D eigenvalue weighted by atomic mass is 16.3. The lowest BCUT2D eigenvalue weighted by atomic mass is 9.94. The third-order valence-electron chi connectivity index (χ3n) is 3.95. The smallest absolute Gasteiger partial charge is 0.105 e. The Labute approximate surface area is 96.7 Å². The molecule has 86 valence electrons. The van der Waals surface area contributed by atoms with Crippen molar-refractivity contribution in [3.8, 4) is 0 Å². The van der Waals surface area contributed by atoms with Crippen LogP contribution in [-0.4, -0.2) is 13.1 Å². The first kappa shape index (κ1) is 10.2. The van der Waals surface area contributed by atoms with Crippen molar-refractivity contribution in [3.05, 3.63) is 36.3 Å². The summed E-state index contributed by atoms with van der Waals surface area (Å²) in [6, 6.07) is 4.00. The number of furan rings is 1. The maximum atomic E-state index is 5.30. The summed E-state index contributed by atoms with van der Waals surface area (Å²) in [6.07, 6.45) is 10.4. The van der Waals surface area contributed by atoms with Gasteiger partial charge < -0.3 is 9.73 Å². The average Bonchev–Trinajstić information content (AvgIpc) is 3.01. The van der Waals surface area contributed by atoms with Crippen LogP contribution in [0, 0.1) is 17.8 Å². The van der Waals surface area contributed by atoms with Gasteiger partial charge in [-0.3, -0.25) is 0 Å². The van der Waals surface area contributed by atoms with E-state index in [0.29, 0.717) is 0 Å². The van der Waals surface area contributed by atoms with Gasteiger partial charge in [0, 0.05) is 13.0 Å². The third kappa shape index (κ3) is 2.07. The average molecular weight is 217 g/mol. The molecular formula is C14H19NO. The Hall–Kier alpha value is -1.02. The van der Waals surface area contributed by atoms with E-state index in [1.807, 2.05) is 12.1 Å². The monoisotopic (exact) mass is 217 g/mol. The van der Waals surface area contributed by atoms with Gasteiger partial charge in [0.15, 0.2) is 0 Å². The number of nitrogens with one attached hydrogen (secondary N) is 1. The van der Waals surface area contributed by atoms with E-state index in [-0.39, 0.29) is 0 Å². The predicted octanol–water partition coefficient (Wildman–Crippen LogP) is 2.62. The first-order valence-electron chi connectivity index (χ1n) is 6.33. The topological polar surface area (TPSA) is 25.2 Å². The van der Waals surface area contributed by atoms with Crippen LogP contribution in [0.25, 0.3) is 0 Å². The minimum Gasteiger partial charge on any atom is -0.469 e. The Kier molecular flexibility index (Phi) is 2.83. The van der Waals surface area contributed by atoms with Crippen molar-refractivity contribution in [2.24, 2.45) is 17.8 Å². The first-order valence-corrected chi connectivity index (χ1v) is 6.33. The fourth-order valence-corrected chi connectivity index (χ4v) is 3.08. The Bertz CT molecular complexity index is 355. The van der Waals surface area contributed by atoms with E-state index in [0.717, 1.165) is 36.5 Å². The van der Waals surface area contributed by atoms with Gasteiger partial charge >= 0.3 is 0 Å². The summed E-state index contributed by atoms with van der Waals surface area (Å²) in [5.41, 5.74) is 0. The summed E-state index contributed by atoms with van der Waals surface area (Å²) in [5, 5.41) is 3.56. The lowest BCUT2D eigenvalue weighted by Gasteiger charge is -2.18. The SMILES string of the molecule is C1=CC2CC1CC2CNCCc1ccco1. The van der Waals surface area contributed by atoms with E-state index in [4.69, 9.17) is 4.42 Å². The second-order valence-corrected chi connectivity index (χ2v) is 5.07. The summed E-state index contributed by atoms with van der Waals surface area (Å²) in [5.74, 6) is 3.72. The highest BCUT2D eigenvalue weighted by Crippen LogP contribution is 2.42. The summed E-state index contributed by atoms with van der Waals surface area (Å²) in [4.78, 5) is 0. The first-order chi connectivity index (χ1) is 7.92. The third-order valence-corrected chi connectivity index (χ3v) is 3.95. The minimum absolute atomic E-state index is 0.862. The predicted molar refractivity (Wildman–Crippen MR) is 64.1 cm³/mol. The number of hydrogen-bond donors (Lipinski definition) is 1. The molecule has 0 amide bonds. The van der Waals surface area contributed by atoms with Gasteiger partial charge in [-0.15, -0.1) is 0 Å². The molecular weight excluding hydrogens is 198 g/mol. The van der Waals surface area contributed by atoms with Crippen molar-refractivity contribution in [2.75, 3.05) is 13.1 Å². The van der Waals surface area contributed by atoms with E-state index in [1.54, 1.807) is 6.26 Å². The maximum absolute atomic E-state index is 5.30. The Morgan fingerprint density at radius 2 is 2.31 bits per heavy atom. The largest absolute Gasteiger partial charge is 0.469 e. The number of hydrogen-bond acceptors (Lipinski definition) is 2. The zero-order chi connectivity index (χ0) is 10.8. The molecule has 0 aliphatic heterocycles. The molecule has 2 bridgehead atoms. The molecule has 3 atom stereocenters. The van der Waals surface area contributed by atoms with E-state index >= 15 is 0 Å². The summed E-state index contributed by atoms with van der Waals surface area (Å²) >= 11 is 0. The van der Waals surface area contributed by atoms with Gasteiger partial charge in [0.1, 0.15) is 5.76 Å². The summed E-state index contributed by atoms with van der Waals surface area (Å²) < 4.78 is 5.30. The second kappa shape index (κ2) is 4.46. The van der Waals surface area contributed by atoms with E-state index in [1.165, 1.54) is 19.4 Å². The van der Waals surface area contributed by atoms with Gasteiger partial charge in [0.05, 0.1) is 6.26 Å². The van der Waals surface area contributed by atoms with Crippen LogP contribution >= 0.6 is 0 Å². The van der Waals surface area contributed by atoms with Crippen LogP contribution in [0.15, 0.2) is 35.0 Å². The van der Waals surface area contributed by atoms with Crippen molar-refractivity contribution >= 4 is 0 Å². The fourth-order valence-electron chi connectivity index (χ4n) is 3.08. The Morgan fingerprint density at radius 3 is 3.00 bits per heavy atom. The van der Waals surface area contributed by atoms with Gasteiger partial charge in [-0.1, -0.05) is 12.2 Å². The Balaban J connectivity index is 1.37. The van der Waals surface area contributed by atoms with Gasteiger partial charge in [-0.25, -0.2) is 0 Å². The molecule has 2 heteroatoms. The zero-order valence-electron chi connectivity index (χ0n) is 9.56. The van der Waals surface area contributed by atoms with Crippen LogP contribution < -0.4 is 5.32 Å². The van der Waals surface area contributed by atoms with Crippen LogP contribution in [0.5, 0.6) is 0 Å². The highest BCUT2D eigenvalue weighted by molar-refractivity contribution is 5.10. The van der Waals surface area contributed by atoms with E-state index in [2.05, 4.69) is 17.5 Å². The van der Waals surface area contributed by atoms with Crippen molar-refractivity contribution in [1.82, 2.24) is 5.32 Å². The van der Waals surface area contributed by atoms with Gasteiger partial charge in [-0.2, -0.15) is 0 Å². The molecule has 2 aliphatic carbocycles. The molecule has 1 aromatic heterocycles. The molecule has 1 saturated carbocycles. The van der Waals surface area contributed by atoms with Crippen molar-refractivity contribution in [1.29, 1.82) is 0 Å². The quantitative estimate of drug-likeness (QED) is 0.606. The molecule has 1 N–H and O–H groups in total. The Morgan fingerprint density at radius 1 is 1.31 bits per heavy atom. The normalized spacial score (nSPS) is 31.4. The number of rotatable bonds is 5. The van der Waals surface area contributed by atoms with Crippen molar-refractivity contribution < 1.29 is 4.42 Å². The van der Waals surface area contributed by atoms with Gasteiger partial charge in [0.25, 0.3) is 0 Å². The zero-order valence-corrected chi connectivity index (χ0v) is 9.56. The standard InChI is InChI=1S/C14H19NO/c1-2-14(16-7-1)5-6-15-10-13-9-11-3-4-12(13)8-11/h1-4,7,11-13,15H,5-6,8-10H2. The van der Waals surface area contributed by atoms with E-state index in [9.17, 15) is 0 Å². The molecule has 2 nitrogen and oxygen atoms in total. The molecule has 3 unspecified atom stereocenters. The van der Waals surface area contributed by atoms with Crippen molar-refractivity contribution in [2.45, 2.75) is 19.3 Å². The maximum Gasteiger partial charge on any atom is 0.105 e. The molecule has 3 rings (SSSR count). The summed E-state index contributed by atoms with van der Waals surface area (Å²) in [7, 11) is 0. The molecule has 1 aromatic rings. The number of fused-ring (bicyclic) bond motifs is 2. The molecule has 2 aliphatic rings. The van der Waals surface area contributed by atoms with Gasteiger partial charge in [0.2, 0.25) is 0 Å². The molecule has 0 aromatic carbocycles. The van der Waals surface area contributed by atoms with E-state index < -0.39 is 0 Å². The summed E-state index contributed by atoms with van der Waals surface area (Å²) in [6.45, 7) is 2.21. The van der Waals surface area contributed by atoms with Crippen molar-refractivity contribution in [3.63, 3.8) is 0 Å². The molecule has 0 saturated heterocycles. The number of allylic oxidation sites excluding steroid dienone is 2. The molecule has 0 radical (unpaired) electrons. The van der Waals surface area contributed by atoms with Crippen LogP contribution in [0.4, 0.5) is 0 Å². The minimum atomic E-state index is 0.862. The molecule has 1 heterocycles. The van der Waals surface area contributed by atoms with Crippen LogP contribution in [0.2, 0.25) is 0 Å². The molecule has 0 spiro atoms. The molecule has 1 fully saturated rings.